The van der Waals surface area contributed by atoms with Crippen molar-refractivity contribution >= 4 is 0 Å². The standard InChI is InChI=1S/C10H7F4N3O/c11-7-2-1-5(10(12,13)14)3-6(7)9-17-16-8(4-15)18-9/h1-3H,4,15H2. The van der Waals surface area contributed by atoms with E-state index in [1.165, 1.54) is 0 Å². The van der Waals surface area contributed by atoms with Crippen LogP contribution in [0.5, 0.6) is 0 Å². The van der Waals surface area contributed by atoms with Gasteiger partial charge in [-0.2, -0.15) is 13.2 Å². The lowest BCUT2D eigenvalue weighted by atomic mass is 10.1. The van der Waals surface area contributed by atoms with Gasteiger partial charge in [0.1, 0.15) is 5.82 Å². The lowest BCUT2D eigenvalue weighted by Gasteiger charge is -2.07. The van der Waals surface area contributed by atoms with Gasteiger partial charge in [-0.3, -0.25) is 0 Å². The van der Waals surface area contributed by atoms with Crippen LogP contribution in [0.15, 0.2) is 22.6 Å². The number of halogens is 4. The van der Waals surface area contributed by atoms with Gasteiger partial charge >= 0.3 is 6.18 Å². The molecule has 0 amide bonds. The molecule has 0 atom stereocenters. The Labute approximate surface area is 98.4 Å². The summed E-state index contributed by atoms with van der Waals surface area (Å²) in [7, 11) is 0. The number of hydrogen-bond donors (Lipinski definition) is 1. The molecule has 8 heteroatoms. The molecule has 0 fully saturated rings. The second-order valence-corrected chi connectivity index (χ2v) is 3.40. The summed E-state index contributed by atoms with van der Waals surface area (Å²) in [4.78, 5) is 0. The van der Waals surface area contributed by atoms with Gasteiger partial charge in [-0.25, -0.2) is 4.39 Å². The first-order valence-electron chi connectivity index (χ1n) is 4.81. The first-order chi connectivity index (χ1) is 8.41. The van der Waals surface area contributed by atoms with Crippen LogP contribution < -0.4 is 5.73 Å². The number of aromatic nitrogens is 2. The van der Waals surface area contributed by atoms with Crippen LogP contribution in [-0.2, 0) is 12.7 Å². The minimum absolute atomic E-state index is 0.0156. The first-order valence-corrected chi connectivity index (χ1v) is 4.81. The molecule has 0 bridgehead atoms. The summed E-state index contributed by atoms with van der Waals surface area (Å²) in [5, 5.41) is 6.89. The molecule has 2 N–H and O–H groups in total. The largest absolute Gasteiger partial charge is 0.419 e. The van der Waals surface area contributed by atoms with Crippen LogP contribution in [-0.4, -0.2) is 10.2 Å². The summed E-state index contributed by atoms with van der Waals surface area (Å²) in [5.74, 6) is -1.20. The fraction of sp³-hybridized carbons (Fsp3) is 0.200. The Morgan fingerprint density at radius 2 is 1.94 bits per heavy atom. The average Bonchev–Trinajstić information content (AvgIpc) is 2.76. The first kappa shape index (κ1) is 12.5. The van der Waals surface area contributed by atoms with Gasteiger partial charge in [0.15, 0.2) is 0 Å². The molecule has 2 rings (SSSR count). The molecule has 1 aromatic carbocycles. The third-order valence-electron chi connectivity index (χ3n) is 2.17. The topological polar surface area (TPSA) is 64.9 Å². The molecule has 0 saturated heterocycles. The Hall–Kier alpha value is -1.96. The molecule has 18 heavy (non-hydrogen) atoms. The van der Waals surface area contributed by atoms with Crippen molar-refractivity contribution in [2.75, 3.05) is 0 Å². The van der Waals surface area contributed by atoms with Crippen LogP contribution in [0.4, 0.5) is 17.6 Å². The number of nitrogens with zero attached hydrogens (tertiary/aromatic N) is 2. The van der Waals surface area contributed by atoms with E-state index in [9.17, 15) is 17.6 Å². The third-order valence-corrected chi connectivity index (χ3v) is 2.17. The second-order valence-electron chi connectivity index (χ2n) is 3.40. The summed E-state index contributed by atoms with van der Waals surface area (Å²) in [6.45, 7) is -0.0758. The Morgan fingerprint density at radius 3 is 2.50 bits per heavy atom. The Kier molecular flexibility index (Phi) is 3.04. The van der Waals surface area contributed by atoms with Gasteiger partial charge in [0.25, 0.3) is 5.89 Å². The van der Waals surface area contributed by atoms with Crippen LogP contribution in [0.25, 0.3) is 11.5 Å². The van der Waals surface area contributed by atoms with E-state index in [1.54, 1.807) is 0 Å². The number of alkyl halides is 3. The monoisotopic (exact) mass is 261 g/mol. The number of benzene rings is 1. The van der Waals surface area contributed by atoms with Gasteiger partial charge in [-0.1, -0.05) is 0 Å². The zero-order valence-corrected chi connectivity index (χ0v) is 8.83. The van der Waals surface area contributed by atoms with Gasteiger partial charge in [-0.15, -0.1) is 10.2 Å². The molecule has 0 aliphatic carbocycles. The predicted octanol–water partition coefficient (Wildman–Crippen LogP) is 2.35. The number of rotatable bonds is 2. The minimum Gasteiger partial charge on any atom is -0.419 e. The normalized spacial score (nSPS) is 11.8. The quantitative estimate of drug-likeness (QED) is 0.843. The smallest absolute Gasteiger partial charge is 0.416 e. The Morgan fingerprint density at radius 1 is 1.22 bits per heavy atom. The maximum absolute atomic E-state index is 13.4. The van der Waals surface area contributed by atoms with Gasteiger partial charge in [0, 0.05) is 0 Å². The summed E-state index contributed by atoms with van der Waals surface area (Å²) in [5.41, 5.74) is 3.81. The second kappa shape index (κ2) is 4.37. The molecule has 4 nitrogen and oxygen atoms in total. The summed E-state index contributed by atoms with van der Waals surface area (Å²) >= 11 is 0. The predicted molar refractivity (Wildman–Crippen MR) is 52.6 cm³/mol. The highest BCUT2D eigenvalue weighted by molar-refractivity contribution is 5.55. The van der Waals surface area contributed by atoms with E-state index >= 15 is 0 Å². The van der Waals surface area contributed by atoms with Crippen molar-refractivity contribution in [1.29, 1.82) is 0 Å². The molecule has 2 aromatic rings. The highest BCUT2D eigenvalue weighted by Gasteiger charge is 2.31. The third kappa shape index (κ3) is 2.33. The van der Waals surface area contributed by atoms with Crippen molar-refractivity contribution in [3.8, 4) is 11.5 Å². The molecular formula is C10H7F4N3O. The molecule has 1 heterocycles. The molecule has 0 radical (unpaired) electrons. The van der Waals surface area contributed by atoms with Crippen LogP contribution in [0.3, 0.4) is 0 Å². The van der Waals surface area contributed by atoms with Crippen molar-refractivity contribution in [2.24, 2.45) is 5.73 Å². The van der Waals surface area contributed by atoms with Gasteiger partial charge < -0.3 is 10.2 Å². The van der Waals surface area contributed by atoms with Gasteiger partial charge in [0.05, 0.1) is 17.7 Å². The minimum atomic E-state index is -4.57. The average molecular weight is 261 g/mol. The van der Waals surface area contributed by atoms with Crippen molar-refractivity contribution < 1.29 is 22.0 Å². The summed E-state index contributed by atoms with van der Waals surface area (Å²) in [6.07, 6.45) is -4.57. The highest BCUT2D eigenvalue weighted by atomic mass is 19.4. The molecular weight excluding hydrogens is 254 g/mol. The molecule has 0 saturated carbocycles. The van der Waals surface area contributed by atoms with E-state index in [0.717, 1.165) is 0 Å². The van der Waals surface area contributed by atoms with Crippen molar-refractivity contribution in [2.45, 2.75) is 12.7 Å². The molecule has 0 aliphatic heterocycles. The Balaban J connectivity index is 2.49. The molecule has 0 aliphatic rings. The van der Waals surface area contributed by atoms with E-state index in [2.05, 4.69) is 10.2 Å². The van der Waals surface area contributed by atoms with E-state index in [4.69, 9.17) is 10.2 Å². The van der Waals surface area contributed by atoms with Crippen LogP contribution in [0.1, 0.15) is 11.5 Å². The lowest BCUT2D eigenvalue weighted by molar-refractivity contribution is -0.137. The maximum Gasteiger partial charge on any atom is 0.416 e. The number of hydrogen-bond acceptors (Lipinski definition) is 4. The van der Waals surface area contributed by atoms with Crippen molar-refractivity contribution in [3.05, 3.63) is 35.5 Å². The van der Waals surface area contributed by atoms with Crippen LogP contribution in [0.2, 0.25) is 0 Å². The zero-order valence-electron chi connectivity index (χ0n) is 8.83. The summed E-state index contributed by atoms with van der Waals surface area (Å²) in [6, 6.07) is 1.95. The SMILES string of the molecule is NCc1nnc(-c2cc(C(F)(F)F)ccc2F)o1. The lowest BCUT2D eigenvalue weighted by Crippen LogP contribution is -2.05. The van der Waals surface area contributed by atoms with E-state index in [-0.39, 0.29) is 18.3 Å². The fourth-order valence-corrected chi connectivity index (χ4v) is 1.31. The van der Waals surface area contributed by atoms with Crippen LogP contribution in [0, 0.1) is 5.82 Å². The van der Waals surface area contributed by atoms with Crippen LogP contribution >= 0.6 is 0 Å². The maximum atomic E-state index is 13.4. The zero-order chi connectivity index (χ0) is 13.3. The Bertz CT molecular complexity index is 564. The van der Waals surface area contributed by atoms with Crippen molar-refractivity contribution in [1.82, 2.24) is 10.2 Å². The molecule has 96 valence electrons. The fourth-order valence-electron chi connectivity index (χ4n) is 1.31. The number of nitrogens with two attached hydrogens (primary N) is 1. The van der Waals surface area contributed by atoms with E-state index in [1.807, 2.05) is 0 Å². The van der Waals surface area contributed by atoms with Gasteiger partial charge in [0.2, 0.25) is 5.89 Å². The molecule has 1 aromatic heterocycles. The molecule has 0 unspecified atom stereocenters. The molecule has 0 spiro atoms. The van der Waals surface area contributed by atoms with Crippen molar-refractivity contribution in [3.63, 3.8) is 0 Å². The summed E-state index contributed by atoms with van der Waals surface area (Å²) < 4.78 is 55.8. The van der Waals surface area contributed by atoms with Gasteiger partial charge in [-0.05, 0) is 18.2 Å². The van der Waals surface area contributed by atoms with E-state index < -0.39 is 23.1 Å². The highest BCUT2D eigenvalue weighted by Crippen LogP contribution is 2.33. The van der Waals surface area contributed by atoms with E-state index in [0.29, 0.717) is 18.2 Å².